The molecular weight excluding hydrogens is 130 g/mol. The van der Waals surface area contributed by atoms with Crippen LogP contribution in [0.2, 0.25) is 0 Å². The Morgan fingerprint density at radius 1 is 2.00 bits per heavy atom. The van der Waals surface area contributed by atoms with Crippen LogP contribution in [0.3, 0.4) is 0 Å². The van der Waals surface area contributed by atoms with Crippen molar-refractivity contribution in [3.63, 3.8) is 0 Å². The van der Waals surface area contributed by atoms with Crippen LogP contribution in [-0.2, 0) is 0 Å². The highest BCUT2D eigenvalue weighted by atomic mass is 32.2. The molecule has 0 heterocycles. The molecule has 0 aliphatic carbocycles. The van der Waals surface area contributed by atoms with E-state index in [0.29, 0.717) is 0 Å². The van der Waals surface area contributed by atoms with Gasteiger partial charge in [0.25, 0.3) is 4.45 Å². The topological polar surface area (TPSA) is 29.1 Å². The van der Waals surface area contributed by atoms with Crippen LogP contribution in [0.15, 0.2) is 0 Å². The van der Waals surface area contributed by atoms with E-state index in [1.165, 1.54) is 0 Å². The zero-order valence-corrected chi connectivity index (χ0v) is 5.68. The van der Waals surface area contributed by atoms with Crippen molar-refractivity contribution < 1.29 is 4.79 Å². The van der Waals surface area contributed by atoms with Gasteiger partial charge >= 0.3 is 0 Å². The second kappa shape index (κ2) is 4.49. The van der Waals surface area contributed by atoms with Crippen LogP contribution in [0.25, 0.3) is 0 Å². The fraction of sp³-hybridized carbons (Fsp3) is 0.667. The van der Waals surface area contributed by atoms with Crippen molar-refractivity contribution in [1.29, 1.82) is 0 Å². The average Bonchev–Trinajstić information content (AvgIpc) is 1.61. The average molecular weight is 137 g/mol. The molecule has 42 valence electrons. The standard InChI is InChI=1S/C3H7NOS2/c1-2-4-7-3(5)6/h4H,2H2,1H3,(H,5,6). The molecule has 0 spiro atoms. The lowest BCUT2D eigenvalue weighted by atomic mass is 10.8. The van der Waals surface area contributed by atoms with Gasteiger partial charge in [0.15, 0.2) is 0 Å². The summed E-state index contributed by atoms with van der Waals surface area (Å²) in [6.07, 6.45) is 0. The SMILES string of the molecule is CCNSC(=O)S. The lowest BCUT2D eigenvalue weighted by Gasteiger charge is -1.89. The number of thiol groups is 1. The molecule has 0 radical (unpaired) electrons. The van der Waals surface area contributed by atoms with E-state index in [0.717, 1.165) is 18.5 Å². The van der Waals surface area contributed by atoms with Crippen LogP contribution < -0.4 is 4.72 Å². The fourth-order valence-electron chi connectivity index (χ4n) is 0.134. The van der Waals surface area contributed by atoms with Crippen molar-refractivity contribution in [2.45, 2.75) is 6.92 Å². The van der Waals surface area contributed by atoms with E-state index in [1.54, 1.807) is 0 Å². The Labute approximate surface area is 52.6 Å². The van der Waals surface area contributed by atoms with Crippen molar-refractivity contribution in [2.75, 3.05) is 6.54 Å². The summed E-state index contributed by atoms with van der Waals surface area (Å²) >= 11 is 4.50. The summed E-state index contributed by atoms with van der Waals surface area (Å²) in [7, 11) is 0. The molecule has 0 atom stereocenters. The zero-order chi connectivity index (χ0) is 5.70. The molecule has 0 aliphatic heterocycles. The van der Waals surface area contributed by atoms with Crippen molar-refractivity contribution in [3.05, 3.63) is 0 Å². The van der Waals surface area contributed by atoms with E-state index < -0.39 is 0 Å². The molecule has 7 heavy (non-hydrogen) atoms. The third-order valence-electron chi connectivity index (χ3n) is 0.304. The number of hydrogen-bond acceptors (Lipinski definition) is 3. The number of nitrogens with one attached hydrogen (secondary N) is 1. The summed E-state index contributed by atoms with van der Waals surface area (Å²) in [6, 6.07) is 0. The Hall–Kier alpha value is 0.330. The number of hydrogen-bond donors (Lipinski definition) is 2. The van der Waals surface area contributed by atoms with Crippen LogP contribution >= 0.6 is 24.6 Å². The molecule has 0 unspecified atom stereocenters. The zero-order valence-electron chi connectivity index (χ0n) is 3.97. The molecule has 0 rings (SSSR count). The van der Waals surface area contributed by atoms with Crippen molar-refractivity contribution in [2.24, 2.45) is 0 Å². The molecule has 0 amide bonds. The first-order valence-electron chi connectivity index (χ1n) is 1.90. The first kappa shape index (κ1) is 7.33. The Kier molecular flexibility index (Phi) is 4.70. The predicted octanol–water partition coefficient (Wildman–Crippen LogP) is 1.29. The molecule has 0 aliphatic rings. The first-order valence-corrected chi connectivity index (χ1v) is 3.16. The van der Waals surface area contributed by atoms with E-state index in [1.807, 2.05) is 6.92 Å². The van der Waals surface area contributed by atoms with Gasteiger partial charge in [-0.1, -0.05) is 19.6 Å². The van der Waals surface area contributed by atoms with Gasteiger partial charge in [0.2, 0.25) is 0 Å². The highest BCUT2D eigenvalue weighted by Gasteiger charge is 1.88. The van der Waals surface area contributed by atoms with Gasteiger partial charge in [-0.2, -0.15) is 0 Å². The van der Waals surface area contributed by atoms with Gasteiger partial charge in [-0.3, -0.25) is 9.52 Å². The Balaban J connectivity index is 2.82. The van der Waals surface area contributed by atoms with E-state index in [2.05, 4.69) is 17.4 Å². The molecule has 0 aromatic carbocycles. The maximum Gasteiger partial charge on any atom is 0.257 e. The molecule has 0 saturated carbocycles. The summed E-state index contributed by atoms with van der Waals surface area (Å²) < 4.78 is 2.55. The van der Waals surface area contributed by atoms with E-state index in [9.17, 15) is 4.79 Å². The second-order valence-corrected chi connectivity index (χ2v) is 2.44. The van der Waals surface area contributed by atoms with Crippen molar-refractivity contribution in [1.82, 2.24) is 4.72 Å². The Bertz CT molecular complexity index is 66.0. The van der Waals surface area contributed by atoms with Crippen molar-refractivity contribution in [3.8, 4) is 0 Å². The first-order chi connectivity index (χ1) is 3.27. The maximum atomic E-state index is 9.97. The van der Waals surface area contributed by atoms with E-state index >= 15 is 0 Å². The summed E-state index contributed by atoms with van der Waals surface area (Å²) in [5, 5.41) is 0. The lowest BCUT2D eigenvalue weighted by molar-refractivity contribution is 0.277. The number of carbonyl (C=O) groups excluding carboxylic acids is 1. The van der Waals surface area contributed by atoms with Gasteiger partial charge in [0, 0.05) is 18.5 Å². The smallest absolute Gasteiger partial charge is 0.257 e. The Morgan fingerprint density at radius 2 is 2.57 bits per heavy atom. The van der Waals surface area contributed by atoms with Gasteiger partial charge in [-0.25, -0.2) is 0 Å². The molecule has 1 N–H and O–H groups in total. The molecule has 0 bridgehead atoms. The van der Waals surface area contributed by atoms with E-state index in [4.69, 9.17) is 0 Å². The molecule has 0 aromatic heterocycles. The minimum Gasteiger partial charge on any atom is -0.273 e. The maximum absolute atomic E-state index is 9.97. The van der Waals surface area contributed by atoms with Gasteiger partial charge in [0.05, 0.1) is 0 Å². The second-order valence-electron chi connectivity index (χ2n) is 0.866. The molecule has 0 aromatic rings. The highest BCUT2D eigenvalue weighted by Crippen LogP contribution is 1.98. The van der Waals surface area contributed by atoms with Crippen LogP contribution in [0.5, 0.6) is 0 Å². The molecule has 0 saturated heterocycles. The van der Waals surface area contributed by atoms with Gasteiger partial charge < -0.3 is 0 Å². The quantitative estimate of drug-likeness (QED) is 0.444. The molecule has 2 nitrogen and oxygen atoms in total. The minimum atomic E-state index is -0.193. The Morgan fingerprint density at radius 3 is 2.71 bits per heavy atom. The molecular formula is C3H7NOS2. The van der Waals surface area contributed by atoms with Crippen molar-refractivity contribution >= 4 is 29.0 Å². The minimum absolute atomic E-state index is 0.193. The van der Waals surface area contributed by atoms with Crippen LogP contribution in [0, 0.1) is 0 Å². The largest absolute Gasteiger partial charge is 0.273 e. The van der Waals surface area contributed by atoms with Crippen LogP contribution in [-0.4, -0.2) is 11.0 Å². The normalized spacial score (nSPS) is 8.86. The van der Waals surface area contributed by atoms with E-state index in [-0.39, 0.29) is 4.45 Å². The van der Waals surface area contributed by atoms with Crippen LogP contribution in [0.4, 0.5) is 4.79 Å². The number of rotatable bonds is 2. The lowest BCUT2D eigenvalue weighted by Crippen LogP contribution is -2.01. The van der Waals surface area contributed by atoms with Gasteiger partial charge in [-0.15, -0.1) is 0 Å². The predicted molar refractivity (Wildman–Crippen MR) is 35.6 cm³/mol. The summed E-state index contributed by atoms with van der Waals surface area (Å²) in [6.45, 7) is 2.71. The third kappa shape index (κ3) is 6.33. The summed E-state index contributed by atoms with van der Waals surface area (Å²) in [4.78, 5) is 9.97. The highest BCUT2D eigenvalue weighted by molar-refractivity contribution is 8.31. The summed E-state index contributed by atoms with van der Waals surface area (Å²) in [5.74, 6) is 0. The monoisotopic (exact) mass is 137 g/mol. The molecule has 4 heteroatoms. The molecule has 0 fully saturated rings. The van der Waals surface area contributed by atoms with Gasteiger partial charge in [-0.05, 0) is 0 Å². The number of carbonyl (C=O) groups is 1. The van der Waals surface area contributed by atoms with Gasteiger partial charge in [0.1, 0.15) is 0 Å². The third-order valence-corrected chi connectivity index (χ3v) is 1.19. The fourth-order valence-corrected chi connectivity index (χ4v) is 0.595. The van der Waals surface area contributed by atoms with Crippen LogP contribution in [0.1, 0.15) is 6.92 Å². The summed E-state index contributed by atoms with van der Waals surface area (Å²) in [5.41, 5.74) is 0.